The molecule has 0 aromatic heterocycles. The van der Waals surface area contributed by atoms with Gasteiger partial charge in [-0.05, 0) is 51.6 Å². The van der Waals surface area contributed by atoms with Gasteiger partial charge in [-0.1, -0.05) is 78.1 Å². The Morgan fingerprint density at radius 1 is 0.559 bits per heavy atom. The number of carbonyl (C=O) groups excluding carboxylic acids is 2. The van der Waals surface area contributed by atoms with E-state index in [1.54, 1.807) is 0 Å². The van der Waals surface area contributed by atoms with E-state index in [9.17, 15) is 9.59 Å². The van der Waals surface area contributed by atoms with Gasteiger partial charge in [0.05, 0.1) is 13.2 Å². The van der Waals surface area contributed by atoms with Crippen LogP contribution in [0.2, 0.25) is 0 Å². The molecule has 0 aromatic carbocycles. The van der Waals surface area contributed by atoms with E-state index in [-0.39, 0.29) is 11.9 Å². The molecule has 5 nitrogen and oxygen atoms in total. The fourth-order valence-corrected chi connectivity index (χ4v) is 4.18. The van der Waals surface area contributed by atoms with E-state index < -0.39 is 0 Å². The van der Waals surface area contributed by atoms with Crippen molar-refractivity contribution in [2.75, 3.05) is 38.7 Å². The number of nitrogens with zero attached hydrogens (tertiary/aromatic N) is 1. The number of ether oxygens (including phenoxy) is 2. The van der Waals surface area contributed by atoms with E-state index in [0.29, 0.717) is 31.9 Å². The smallest absolute Gasteiger partial charge is 0.305 e. The van der Waals surface area contributed by atoms with Crippen molar-refractivity contribution in [1.82, 2.24) is 4.90 Å². The average molecular weight is 504 g/mol. The molecule has 0 aliphatic heterocycles. The topological polar surface area (TPSA) is 55.8 Å². The third-order valence-corrected chi connectivity index (χ3v) is 6.30. The Morgan fingerprint density at radius 3 is 1.38 bits per heavy atom. The van der Waals surface area contributed by atoms with Gasteiger partial charge in [-0.3, -0.25) is 9.59 Å². The summed E-state index contributed by atoms with van der Waals surface area (Å²) in [4.78, 5) is 26.0. The maximum atomic E-state index is 11.8. The number of halogens is 1. The zero-order valence-corrected chi connectivity index (χ0v) is 23.2. The molecular weight excluding hydrogens is 450 g/mol. The van der Waals surface area contributed by atoms with Crippen molar-refractivity contribution in [3.8, 4) is 0 Å². The molecule has 0 N–H and O–H groups in total. The van der Waals surface area contributed by atoms with Gasteiger partial charge in [-0.25, -0.2) is 0 Å². The molecular formula is C28H54ClNO4. The van der Waals surface area contributed by atoms with Crippen LogP contribution < -0.4 is 0 Å². The van der Waals surface area contributed by atoms with Gasteiger partial charge in [0, 0.05) is 25.3 Å². The zero-order valence-electron chi connectivity index (χ0n) is 22.4. The first kappa shape index (κ1) is 33.2. The molecule has 0 fully saturated rings. The van der Waals surface area contributed by atoms with Gasteiger partial charge >= 0.3 is 11.9 Å². The summed E-state index contributed by atoms with van der Waals surface area (Å²) in [6.07, 6.45) is 18.8. The van der Waals surface area contributed by atoms with Crippen molar-refractivity contribution in [3.05, 3.63) is 0 Å². The maximum Gasteiger partial charge on any atom is 0.305 e. The minimum Gasteiger partial charge on any atom is -0.466 e. The lowest BCUT2D eigenvalue weighted by molar-refractivity contribution is -0.144. The summed E-state index contributed by atoms with van der Waals surface area (Å²) in [5, 5.41) is 0. The fraction of sp³-hybridized carbons (Fsp3) is 0.929. The van der Waals surface area contributed by atoms with Gasteiger partial charge in [-0.2, -0.15) is 0 Å². The van der Waals surface area contributed by atoms with Crippen LogP contribution >= 0.6 is 11.6 Å². The fourth-order valence-electron chi connectivity index (χ4n) is 3.95. The van der Waals surface area contributed by atoms with Gasteiger partial charge < -0.3 is 14.4 Å². The summed E-state index contributed by atoms with van der Waals surface area (Å²) < 4.78 is 10.6. The number of esters is 2. The Morgan fingerprint density at radius 2 is 0.971 bits per heavy atom. The second-order valence-corrected chi connectivity index (χ2v) is 9.80. The highest BCUT2D eigenvalue weighted by molar-refractivity contribution is 6.18. The normalized spacial score (nSPS) is 11.2. The monoisotopic (exact) mass is 503 g/mol. The van der Waals surface area contributed by atoms with Gasteiger partial charge in [-0.15, -0.1) is 11.6 Å². The Bertz CT molecular complexity index is 424. The van der Waals surface area contributed by atoms with Crippen LogP contribution in [-0.2, 0) is 19.1 Å². The van der Waals surface area contributed by atoms with E-state index in [4.69, 9.17) is 21.1 Å². The molecule has 0 heterocycles. The van der Waals surface area contributed by atoms with Crippen LogP contribution in [0.5, 0.6) is 0 Å². The van der Waals surface area contributed by atoms with Crippen molar-refractivity contribution >= 4 is 23.5 Å². The van der Waals surface area contributed by atoms with Crippen LogP contribution in [0.25, 0.3) is 0 Å². The van der Waals surface area contributed by atoms with Crippen molar-refractivity contribution in [1.29, 1.82) is 0 Å². The summed E-state index contributed by atoms with van der Waals surface area (Å²) in [6.45, 7) is 8.46. The van der Waals surface area contributed by atoms with E-state index in [1.807, 2.05) is 0 Å². The summed E-state index contributed by atoms with van der Waals surface area (Å²) in [6, 6.07) is 0. The molecule has 0 saturated heterocycles. The van der Waals surface area contributed by atoms with Crippen molar-refractivity contribution < 1.29 is 19.1 Å². The van der Waals surface area contributed by atoms with E-state index in [2.05, 4.69) is 18.7 Å². The molecule has 0 saturated carbocycles. The standard InChI is InChI=1S/C28H54ClNO4/c1-3-5-7-9-17-25-33-27(31)19-13-11-15-22-30(24-21-29)23-16-12-14-20-28(32)34-26-18-10-8-6-4-2/h3-26H2,1-2H3. The molecule has 0 radical (unpaired) electrons. The van der Waals surface area contributed by atoms with Crippen LogP contribution in [0.4, 0.5) is 0 Å². The van der Waals surface area contributed by atoms with E-state index in [1.165, 1.54) is 38.5 Å². The molecule has 34 heavy (non-hydrogen) atoms. The predicted molar refractivity (Wildman–Crippen MR) is 144 cm³/mol. The predicted octanol–water partition coefficient (Wildman–Crippen LogP) is 7.68. The quantitative estimate of drug-likeness (QED) is 0.0688. The summed E-state index contributed by atoms with van der Waals surface area (Å²) in [5.41, 5.74) is 0. The summed E-state index contributed by atoms with van der Waals surface area (Å²) >= 11 is 5.97. The van der Waals surface area contributed by atoms with Gasteiger partial charge in [0.15, 0.2) is 0 Å². The molecule has 0 aliphatic carbocycles. The molecule has 0 aromatic rings. The Balaban J connectivity index is 3.64. The molecule has 202 valence electrons. The van der Waals surface area contributed by atoms with Crippen molar-refractivity contribution in [2.45, 2.75) is 129 Å². The SMILES string of the molecule is CCCCCCCOC(=O)CCCCCN(CCCl)CCCCCC(=O)OCCCCCCC. The molecule has 0 atom stereocenters. The second kappa shape index (κ2) is 26.8. The van der Waals surface area contributed by atoms with Crippen LogP contribution in [0.1, 0.15) is 129 Å². The number of rotatable bonds is 26. The summed E-state index contributed by atoms with van der Waals surface area (Å²) in [5.74, 6) is 0.529. The second-order valence-electron chi connectivity index (χ2n) is 9.42. The van der Waals surface area contributed by atoms with Crippen LogP contribution in [0.3, 0.4) is 0 Å². The minimum absolute atomic E-state index is 0.0527. The first-order chi connectivity index (χ1) is 16.6. The van der Waals surface area contributed by atoms with Gasteiger partial charge in [0.25, 0.3) is 0 Å². The van der Waals surface area contributed by atoms with E-state index >= 15 is 0 Å². The number of hydrogen-bond donors (Lipinski definition) is 0. The lowest BCUT2D eigenvalue weighted by Crippen LogP contribution is -2.28. The molecule has 0 rings (SSSR count). The van der Waals surface area contributed by atoms with Gasteiger partial charge in [0.2, 0.25) is 0 Å². The number of carbonyl (C=O) groups is 2. The van der Waals surface area contributed by atoms with E-state index in [0.717, 1.165) is 83.8 Å². The zero-order chi connectivity index (χ0) is 25.1. The number of alkyl halides is 1. The maximum absolute atomic E-state index is 11.8. The Hall–Kier alpha value is -0.810. The molecule has 6 heteroatoms. The Labute approximate surface area is 215 Å². The molecule has 0 unspecified atom stereocenters. The van der Waals surface area contributed by atoms with Crippen LogP contribution in [0, 0.1) is 0 Å². The minimum atomic E-state index is -0.0527. The average Bonchev–Trinajstić information content (AvgIpc) is 2.83. The van der Waals surface area contributed by atoms with Crippen LogP contribution in [0.15, 0.2) is 0 Å². The highest BCUT2D eigenvalue weighted by atomic mass is 35.5. The van der Waals surface area contributed by atoms with Crippen LogP contribution in [-0.4, -0.2) is 55.6 Å². The first-order valence-electron chi connectivity index (χ1n) is 14.2. The largest absolute Gasteiger partial charge is 0.466 e. The lowest BCUT2D eigenvalue weighted by atomic mass is 10.1. The number of hydrogen-bond acceptors (Lipinski definition) is 5. The molecule has 0 spiro atoms. The lowest BCUT2D eigenvalue weighted by Gasteiger charge is -2.21. The van der Waals surface area contributed by atoms with Crippen molar-refractivity contribution in [3.63, 3.8) is 0 Å². The third-order valence-electron chi connectivity index (χ3n) is 6.13. The van der Waals surface area contributed by atoms with Gasteiger partial charge in [0.1, 0.15) is 0 Å². The first-order valence-corrected chi connectivity index (χ1v) is 14.8. The Kier molecular flexibility index (Phi) is 26.2. The number of unbranched alkanes of at least 4 members (excludes halogenated alkanes) is 12. The van der Waals surface area contributed by atoms with Crippen molar-refractivity contribution in [2.24, 2.45) is 0 Å². The third kappa shape index (κ3) is 24.3. The molecule has 0 amide bonds. The molecule has 0 aliphatic rings. The highest BCUT2D eigenvalue weighted by Crippen LogP contribution is 2.09. The molecule has 0 bridgehead atoms. The highest BCUT2D eigenvalue weighted by Gasteiger charge is 2.07. The summed E-state index contributed by atoms with van der Waals surface area (Å²) in [7, 11) is 0.